The van der Waals surface area contributed by atoms with Gasteiger partial charge in [-0.3, -0.25) is 4.79 Å². The first-order valence-electron chi connectivity index (χ1n) is 11.3. The fourth-order valence-electron chi connectivity index (χ4n) is 4.64. The van der Waals surface area contributed by atoms with E-state index in [1.54, 1.807) is 11.3 Å². The van der Waals surface area contributed by atoms with Gasteiger partial charge in [-0.15, -0.1) is 11.3 Å². The molecule has 1 amide bonds. The molecule has 7 heteroatoms. The molecule has 1 aromatic carbocycles. The molecule has 5 rings (SSSR count). The third-order valence-electron chi connectivity index (χ3n) is 6.46. The van der Waals surface area contributed by atoms with Crippen LogP contribution in [0.3, 0.4) is 0 Å². The summed E-state index contributed by atoms with van der Waals surface area (Å²) < 4.78 is 3.91. The highest BCUT2D eigenvalue weighted by molar-refractivity contribution is 7.13. The quantitative estimate of drug-likeness (QED) is 0.447. The van der Waals surface area contributed by atoms with E-state index in [2.05, 4.69) is 28.6 Å². The average Bonchev–Trinajstić information content (AvgIpc) is 3.59. The molecule has 0 radical (unpaired) electrons. The molecule has 1 aliphatic rings. The van der Waals surface area contributed by atoms with Gasteiger partial charge in [-0.25, -0.2) is 4.68 Å². The molecule has 0 aliphatic carbocycles. The molecule has 3 aromatic heterocycles. The zero-order valence-electron chi connectivity index (χ0n) is 18.6. The maximum atomic E-state index is 13.1. The van der Waals surface area contributed by atoms with Gasteiger partial charge in [0.15, 0.2) is 0 Å². The normalized spacial score (nSPS) is 15.4. The Balaban J connectivity index is 1.44. The number of amides is 1. The molecular weight excluding hydrogens is 418 g/mol. The Labute approximate surface area is 192 Å². The largest absolute Gasteiger partial charge is 0.351 e. The van der Waals surface area contributed by atoms with Crippen molar-refractivity contribution in [2.24, 2.45) is 7.05 Å². The highest BCUT2D eigenvalue weighted by Crippen LogP contribution is 2.34. The molecule has 0 spiro atoms. The molecule has 0 bridgehead atoms. The number of nitrogens with zero attached hydrogens (tertiary/aromatic N) is 4. The fraction of sp³-hybridized carbons (Fsp3) is 0.360. The van der Waals surface area contributed by atoms with Crippen molar-refractivity contribution in [3.8, 4) is 16.3 Å². The van der Waals surface area contributed by atoms with Gasteiger partial charge >= 0.3 is 0 Å². The van der Waals surface area contributed by atoms with Crippen LogP contribution in [0.2, 0.25) is 0 Å². The van der Waals surface area contributed by atoms with E-state index in [-0.39, 0.29) is 5.91 Å². The molecule has 1 saturated heterocycles. The molecule has 1 atom stereocenters. The number of thiophene rings is 1. The van der Waals surface area contributed by atoms with Crippen LogP contribution in [0.4, 0.5) is 0 Å². The van der Waals surface area contributed by atoms with Crippen molar-refractivity contribution in [3.05, 3.63) is 59.6 Å². The number of aryl methyl sites for hydroxylation is 1. The molecule has 6 nitrogen and oxygen atoms in total. The number of carbonyl (C=O) groups excluding carboxylic acids is 1. The second-order valence-electron chi connectivity index (χ2n) is 8.54. The summed E-state index contributed by atoms with van der Waals surface area (Å²) in [6, 6.07) is 16.7. The summed E-state index contributed by atoms with van der Waals surface area (Å²) in [6.45, 7) is 5.30. The van der Waals surface area contributed by atoms with Crippen molar-refractivity contribution in [3.63, 3.8) is 0 Å². The molecule has 32 heavy (non-hydrogen) atoms. The van der Waals surface area contributed by atoms with E-state index in [1.807, 2.05) is 58.8 Å². The Morgan fingerprint density at radius 3 is 2.66 bits per heavy atom. The number of fused-ring (bicyclic) bond motifs is 1. The Hall–Kier alpha value is -2.90. The van der Waals surface area contributed by atoms with Gasteiger partial charge in [0.25, 0.3) is 5.91 Å². The molecular formula is C25H29N5OS. The van der Waals surface area contributed by atoms with Gasteiger partial charge in [-0.1, -0.05) is 24.3 Å². The van der Waals surface area contributed by atoms with E-state index in [4.69, 9.17) is 5.10 Å². The van der Waals surface area contributed by atoms with Gasteiger partial charge in [0, 0.05) is 25.0 Å². The van der Waals surface area contributed by atoms with E-state index < -0.39 is 0 Å². The third kappa shape index (κ3) is 3.87. The van der Waals surface area contributed by atoms with E-state index in [9.17, 15) is 4.79 Å². The Morgan fingerprint density at radius 2 is 1.94 bits per heavy atom. The van der Waals surface area contributed by atoms with Crippen LogP contribution in [0, 0.1) is 0 Å². The van der Waals surface area contributed by atoms with Crippen LogP contribution < -0.4 is 5.32 Å². The smallest absolute Gasteiger partial charge is 0.267 e. The minimum absolute atomic E-state index is 0.0333. The fourth-order valence-corrected chi connectivity index (χ4v) is 5.36. The van der Waals surface area contributed by atoms with Crippen molar-refractivity contribution >= 4 is 28.3 Å². The molecule has 4 aromatic rings. The van der Waals surface area contributed by atoms with Gasteiger partial charge in [0.1, 0.15) is 17.0 Å². The van der Waals surface area contributed by atoms with Crippen molar-refractivity contribution < 1.29 is 4.79 Å². The van der Waals surface area contributed by atoms with Crippen molar-refractivity contribution in [2.75, 3.05) is 19.6 Å². The van der Waals surface area contributed by atoms with Gasteiger partial charge in [0.2, 0.25) is 0 Å². The van der Waals surface area contributed by atoms with Crippen LogP contribution in [-0.2, 0) is 7.05 Å². The first kappa shape index (κ1) is 21.0. The summed E-state index contributed by atoms with van der Waals surface area (Å²) in [7, 11) is 1.95. The minimum Gasteiger partial charge on any atom is -0.351 e. The summed E-state index contributed by atoms with van der Waals surface area (Å²) in [4.78, 5) is 16.7. The summed E-state index contributed by atoms with van der Waals surface area (Å²) in [5.74, 6) is -0.0333. The lowest BCUT2D eigenvalue weighted by Crippen LogP contribution is -2.35. The van der Waals surface area contributed by atoms with Crippen molar-refractivity contribution in [2.45, 2.75) is 32.2 Å². The number of rotatable bonds is 7. The lowest BCUT2D eigenvalue weighted by Gasteiger charge is -2.23. The van der Waals surface area contributed by atoms with Crippen LogP contribution in [0.15, 0.2) is 53.9 Å². The van der Waals surface area contributed by atoms with Crippen LogP contribution in [0.1, 0.15) is 36.7 Å². The summed E-state index contributed by atoms with van der Waals surface area (Å²) in [6.07, 6.45) is 3.54. The Morgan fingerprint density at radius 1 is 1.16 bits per heavy atom. The van der Waals surface area contributed by atoms with Crippen LogP contribution in [0.25, 0.3) is 27.3 Å². The van der Waals surface area contributed by atoms with E-state index in [1.165, 1.54) is 25.9 Å². The Bertz CT molecular complexity index is 1200. The van der Waals surface area contributed by atoms with Crippen molar-refractivity contribution in [1.82, 2.24) is 24.6 Å². The first-order valence-corrected chi connectivity index (χ1v) is 12.2. The molecule has 4 heterocycles. The Kier molecular flexibility index (Phi) is 5.85. The monoisotopic (exact) mass is 447 g/mol. The highest BCUT2D eigenvalue weighted by atomic mass is 32.1. The van der Waals surface area contributed by atoms with E-state index in [0.29, 0.717) is 18.3 Å². The van der Waals surface area contributed by atoms with Crippen LogP contribution in [0.5, 0.6) is 0 Å². The molecule has 1 aliphatic heterocycles. The maximum Gasteiger partial charge on any atom is 0.267 e. The van der Waals surface area contributed by atoms with Gasteiger partial charge in [-0.05, 0) is 68.9 Å². The van der Waals surface area contributed by atoms with E-state index in [0.717, 1.165) is 33.7 Å². The topological polar surface area (TPSA) is 55.1 Å². The molecule has 1 N–H and O–H groups in total. The van der Waals surface area contributed by atoms with Crippen LogP contribution in [-0.4, -0.2) is 50.8 Å². The number of nitrogens with one attached hydrogen (secondary N) is 1. The van der Waals surface area contributed by atoms with Crippen LogP contribution >= 0.6 is 11.3 Å². The third-order valence-corrected chi connectivity index (χ3v) is 7.33. The van der Waals surface area contributed by atoms with Gasteiger partial charge < -0.3 is 14.8 Å². The number of benzene rings is 1. The summed E-state index contributed by atoms with van der Waals surface area (Å²) in [5, 5.41) is 11.1. The highest BCUT2D eigenvalue weighted by Gasteiger charge is 2.23. The number of likely N-dealkylation sites (tertiary alicyclic amines) is 1. The lowest BCUT2D eigenvalue weighted by atomic mass is 10.2. The number of para-hydroxylation sites is 1. The van der Waals surface area contributed by atoms with E-state index >= 15 is 0 Å². The number of carbonyl (C=O) groups is 1. The SMILES string of the molecule is C[C@@H](CCNC(=O)c1cc2c(-c3cccs3)nn(-c3ccccc3)c2n1C)N1CCCC1. The molecule has 0 saturated carbocycles. The second-order valence-corrected chi connectivity index (χ2v) is 9.48. The average molecular weight is 448 g/mol. The zero-order valence-corrected chi connectivity index (χ0v) is 19.4. The molecule has 0 unspecified atom stereocenters. The standard InChI is InChI=1S/C25H29N5OS/c1-18(29-14-6-7-15-29)12-13-26-24(31)21-17-20-23(22-11-8-16-32-22)27-30(25(20)28(21)2)19-9-4-3-5-10-19/h3-5,8-11,16-18H,6-7,12-15H2,1-2H3,(H,26,31)/t18-/m0/s1. The maximum absolute atomic E-state index is 13.1. The molecule has 166 valence electrons. The first-order chi connectivity index (χ1) is 15.6. The number of aromatic nitrogens is 3. The lowest BCUT2D eigenvalue weighted by molar-refractivity contribution is 0.0941. The van der Waals surface area contributed by atoms with Crippen molar-refractivity contribution in [1.29, 1.82) is 0 Å². The number of hydrogen-bond acceptors (Lipinski definition) is 4. The summed E-state index contributed by atoms with van der Waals surface area (Å²) in [5.41, 5.74) is 3.48. The zero-order chi connectivity index (χ0) is 22.1. The summed E-state index contributed by atoms with van der Waals surface area (Å²) >= 11 is 1.66. The number of hydrogen-bond donors (Lipinski definition) is 1. The second kappa shape index (κ2) is 8.92. The predicted octanol–water partition coefficient (Wildman–Crippen LogP) is 4.70. The van der Waals surface area contributed by atoms with Gasteiger partial charge in [0.05, 0.1) is 10.6 Å². The molecule has 1 fully saturated rings. The minimum atomic E-state index is -0.0333. The predicted molar refractivity (Wildman–Crippen MR) is 131 cm³/mol. The van der Waals surface area contributed by atoms with Gasteiger partial charge in [-0.2, -0.15) is 5.10 Å².